The summed E-state index contributed by atoms with van der Waals surface area (Å²) in [6, 6.07) is 0. The van der Waals surface area contributed by atoms with E-state index in [0.29, 0.717) is 0 Å². The average Bonchev–Trinajstić information content (AvgIpc) is 2.47. The zero-order valence-corrected chi connectivity index (χ0v) is 14.2. The number of carbonyl (C=O) groups is 4. The van der Waals surface area contributed by atoms with Gasteiger partial charge in [-0.25, -0.2) is 0 Å². The summed E-state index contributed by atoms with van der Waals surface area (Å²) in [5, 5.41) is 34.7. The molecule has 154 valence electrons. The van der Waals surface area contributed by atoms with Gasteiger partial charge in [0.05, 0.1) is 52.6 Å². The molecule has 0 aliphatic heterocycles. The number of aliphatic carboxylic acids is 4. The minimum atomic E-state index is -1.14. The van der Waals surface area contributed by atoms with Crippen molar-refractivity contribution in [1.82, 2.24) is 9.80 Å². The van der Waals surface area contributed by atoms with Crippen molar-refractivity contribution in [2.75, 3.05) is 65.7 Å². The number of carboxylic acid groups (broad SMARTS) is 4. The van der Waals surface area contributed by atoms with Crippen LogP contribution in [0.5, 0.6) is 0 Å². The van der Waals surface area contributed by atoms with Crippen LogP contribution in [0.2, 0.25) is 0 Å². The predicted octanol–water partition coefficient (Wildman–Crippen LogP) is -3.33. The van der Waals surface area contributed by atoms with Gasteiger partial charge in [0.1, 0.15) is 0 Å². The van der Waals surface area contributed by atoms with Crippen LogP contribution in [0.1, 0.15) is 0 Å². The zero-order chi connectivity index (χ0) is 19.9. The Morgan fingerprint density at radius 2 is 0.786 bits per heavy atom. The molecule has 0 radical (unpaired) electrons. The number of nitrogens with zero attached hydrogens (tertiary/aromatic N) is 2. The summed E-state index contributed by atoms with van der Waals surface area (Å²) < 4.78 is 10.4. The third-order valence-corrected chi connectivity index (χ3v) is 2.91. The molecular formula is C14H26K2N2O10. The molecule has 0 atom stereocenters. The Hall–Kier alpha value is 0.993. The molecule has 4 N–H and O–H groups in total. The molecule has 0 spiro atoms. The molecule has 0 aliphatic rings. The first-order valence-corrected chi connectivity index (χ1v) is 7.68. The SMILES string of the molecule is O=C(O)CN(CCOCCOCCN(CC(=O)O)CC(=O)O)CC(=O)O.[KH].[KH]. The van der Waals surface area contributed by atoms with Gasteiger partial charge >= 0.3 is 127 Å². The Morgan fingerprint density at radius 3 is 1.00 bits per heavy atom. The molecule has 0 unspecified atom stereocenters. The molecule has 14 heteroatoms. The van der Waals surface area contributed by atoms with Gasteiger partial charge in [0.15, 0.2) is 0 Å². The molecule has 0 saturated carbocycles. The van der Waals surface area contributed by atoms with E-state index in [2.05, 4.69) is 0 Å². The Morgan fingerprint density at radius 1 is 0.536 bits per heavy atom. The fraction of sp³-hybridized carbons (Fsp3) is 0.714. The third-order valence-electron chi connectivity index (χ3n) is 2.91. The molecule has 0 saturated heterocycles. The van der Waals surface area contributed by atoms with E-state index in [1.807, 2.05) is 0 Å². The first-order valence-electron chi connectivity index (χ1n) is 7.68. The Kier molecular flexibility index (Phi) is 25.5. The van der Waals surface area contributed by atoms with Crippen molar-refractivity contribution in [2.24, 2.45) is 0 Å². The Labute approximate surface area is 247 Å². The molecule has 0 aromatic rings. The molecule has 0 fully saturated rings. The van der Waals surface area contributed by atoms with Crippen LogP contribution in [0.3, 0.4) is 0 Å². The number of hydrogen-bond acceptors (Lipinski definition) is 8. The minimum absolute atomic E-state index is 0. The molecule has 0 rings (SSSR count). The number of hydrogen-bond donors (Lipinski definition) is 4. The maximum atomic E-state index is 10.6. The van der Waals surface area contributed by atoms with Gasteiger partial charge in [-0.05, 0) is 0 Å². The molecule has 28 heavy (non-hydrogen) atoms. The van der Waals surface area contributed by atoms with Gasteiger partial charge in [-0.1, -0.05) is 0 Å². The van der Waals surface area contributed by atoms with E-state index in [1.54, 1.807) is 0 Å². The summed E-state index contributed by atoms with van der Waals surface area (Å²) in [7, 11) is 0. The van der Waals surface area contributed by atoms with Crippen LogP contribution in [0.15, 0.2) is 0 Å². The average molecular weight is 461 g/mol. The summed E-state index contributed by atoms with van der Waals surface area (Å²) in [6.45, 7) is -0.790. The van der Waals surface area contributed by atoms with Crippen molar-refractivity contribution in [3.05, 3.63) is 0 Å². The Balaban J connectivity index is -0.00000312. The van der Waals surface area contributed by atoms with Gasteiger partial charge in [0, 0.05) is 13.1 Å². The van der Waals surface area contributed by atoms with Crippen LogP contribution in [0.4, 0.5) is 0 Å². The van der Waals surface area contributed by atoms with E-state index in [9.17, 15) is 19.2 Å². The first-order chi connectivity index (χ1) is 12.2. The maximum absolute atomic E-state index is 10.6. The molecule has 0 aromatic carbocycles. The van der Waals surface area contributed by atoms with Crippen molar-refractivity contribution < 1.29 is 49.1 Å². The fourth-order valence-electron chi connectivity index (χ4n) is 1.90. The number of rotatable bonds is 17. The monoisotopic (exact) mass is 460 g/mol. The number of ether oxygens (including phenoxy) is 2. The van der Waals surface area contributed by atoms with E-state index < -0.39 is 50.1 Å². The fourth-order valence-corrected chi connectivity index (χ4v) is 1.90. The second-order valence-corrected chi connectivity index (χ2v) is 5.22. The Bertz CT molecular complexity index is 407. The van der Waals surface area contributed by atoms with E-state index >= 15 is 0 Å². The van der Waals surface area contributed by atoms with Gasteiger partial charge in [-0.3, -0.25) is 29.0 Å². The summed E-state index contributed by atoms with van der Waals surface area (Å²) in [4.78, 5) is 44.9. The molecule has 0 amide bonds. The summed E-state index contributed by atoms with van der Waals surface area (Å²) in [6.07, 6.45) is 0. The predicted molar refractivity (Wildman–Crippen MR) is 99.4 cm³/mol. The van der Waals surface area contributed by atoms with E-state index in [-0.39, 0.29) is 142 Å². The van der Waals surface area contributed by atoms with Gasteiger partial charge in [-0.2, -0.15) is 0 Å². The van der Waals surface area contributed by atoms with Crippen LogP contribution in [0, 0.1) is 0 Å². The zero-order valence-electron chi connectivity index (χ0n) is 14.2. The van der Waals surface area contributed by atoms with Crippen LogP contribution in [0.25, 0.3) is 0 Å². The van der Waals surface area contributed by atoms with Crippen LogP contribution >= 0.6 is 0 Å². The van der Waals surface area contributed by atoms with Gasteiger partial charge in [0.2, 0.25) is 0 Å². The van der Waals surface area contributed by atoms with E-state index in [0.717, 1.165) is 0 Å². The topological polar surface area (TPSA) is 174 Å². The third kappa shape index (κ3) is 23.3. The summed E-state index contributed by atoms with van der Waals surface area (Å²) >= 11 is 0. The van der Waals surface area contributed by atoms with Crippen molar-refractivity contribution >= 4 is 127 Å². The molecule has 0 bridgehead atoms. The summed E-state index contributed by atoms with van der Waals surface area (Å²) in [5.41, 5.74) is 0. The normalized spacial score (nSPS) is 10.2. The molecule has 0 heterocycles. The second-order valence-electron chi connectivity index (χ2n) is 5.22. The number of carboxylic acids is 4. The quantitative estimate of drug-likeness (QED) is 0.126. The molecule has 0 aliphatic carbocycles. The van der Waals surface area contributed by atoms with Crippen molar-refractivity contribution in [3.8, 4) is 0 Å². The first kappa shape index (κ1) is 33.6. The van der Waals surface area contributed by atoms with Crippen LogP contribution in [-0.2, 0) is 28.7 Å². The van der Waals surface area contributed by atoms with Gasteiger partial charge in [-0.15, -0.1) is 0 Å². The van der Waals surface area contributed by atoms with E-state index in [4.69, 9.17) is 29.9 Å². The van der Waals surface area contributed by atoms with Crippen molar-refractivity contribution in [2.45, 2.75) is 0 Å². The van der Waals surface area contributed by atoms with Crippen molar-refractivity contribution in [1.29, 1.82) is 0 Å². The van der Waals surface area contributed by atoms with Gasteiger partial charge in [0.25, 0.3) is 0 Å². The molecule has 0 aromatic heterocycles. The van der Waals surface area contributed by atoms with Gasteiger partial charge < -0.3 is 29.9 Å². The standard InChI is InChI=1S/C14H24N2O10.2K.2H/c17-11(18)7-15(8-12(19)20)1-3-25-5-6-26-4-2-16(9-13(21)22)10-14(23)24;;;;/h1-10H2,(H,17,18)(H,19,20)(H,21,22)(H,23,24);;;;. The molecule has 12 nitrogen and oxygen atoms in total. The van der Waals surface area contributed by atoms with Crippen molar-refractivity contribution in [3.63, 3.8) is 0 Å². The summed E-state index contributed by atoms with van der Waals surface area (Å²) in [5.74, 6) is -4.55. The van der Waals surface area contributed by atoms with E-state index in [1.165, 1.54) is 9.80 Å². The van der Waals surface area contributed by atoms with Crippen LogP contribution < -0.4 is 0 Å². The molecular weight excluding hydrogens is 434 g/mol. The van der Waals surface area contributed by atoms with Crippen LogP contribution in [-0.4, -0.2) is 223 Å². The second kappa shape index (κ2) is 21.2.